The highest BCUT2D eigenvalue weighted by molar-refractivity contribution is 7.87. The molecule has 0 unspecified atom stereocenters. The number of ether oxygens (including phenoxy) is 1. The van der Waals surface area contributed by atoms with E-state index in [1.807, 2.05) is 0 Å². The smallest absolute Gasteiger partial charge is 0.277 e. The van der Waals surface area contributed by atoms with Gasteiger partial charge in [0.2, 0.25) is 0 Å². The van der Waals surface area contributed by atoms with E-state index in [9.17, 15) is 8.42 Å². The van der Waals surface area contributed by atoms with Crippen molar-refractivity contribution in [2.75, 3.05) is 18.9 Å². The summed E-state index contributed by atoms with van der Waals surface area (Å²) >= 11 is 0. The average Bonchev–Trinajstić information content (AvgIpc) is 3.08. The number of rotatable bonds is 7. The van der Waals surface area contributed by atoms with Crippen molar-refractivity contribution in [3.8, 4) is 5.75 Å². The Hall–Kier alpha value is -1.31. The summed E-state index contributed by atoms with van der Waals surface area (Å²) in [4.78, 5) is 0. The largest absolute Gasteiger partial charge is 0.492 e. The fraction of sp³-hybridized carbons (Fsp3) is 0.455. The highest BCUT2D eigenvalue weighted by Crippen LogP contribution is 2.19. The maximum absolute atomic E-state index is 11.4. The van der Waals surface area contributed by atoms with Crippen LogP contribution in [0.5, 0.6) is 5.75 Å². The predicted octanol–water partition coefficient (Wildman–Crippen LogP) is 0.234. The van der Waals surface area contributed by atoms with Crippen molar-refractivity contribution in [1.29, 1.82) is 0 Å². The van der Waals surface area contributed by atoms with E-state index in [1.54, 1.807) is 24.3 Å². The van der Waals surface area contributed by atoms with Crippen LogP contribution >= 0.6 is 0 Å². The Morgan fingerprint density at radius 2 is 2.17 bits per heavy atom. The lowest BCUT2D eigenvalue weighted by Gasteiger charge is -2.09. The molecule has 1 aliphatic carbocycles. The molecule has 0 saturated heterocycles. The summed E-state index contributed by atoms with van der Waals surface area (Å²) in [7, 11) is -3.39. The summed E-state index contributed by atoms with van der Waals surface area (Å²) in [6, 6.07) is 7.11. The summed E-state index contributed by atoms with van der Waals surface area (Å²) < 4.78 is 33.2. The highest BCUT2D eigenvalue weighted by atomic mass is 32.2. The monoisotopic (exact) mass is 271 g/mol. The standard InChI is InChI=1S/C11H17N3O3S/c12-9-2-1-3-11(8-9)17-7-6-13-18(15,16)14-10-4-5-10/h1-3,8,10,13-14H,4-7,12H2. The van der Waals surface area contributed by atoms with Crippen LogP contribution in [-0.4, -0.2) is 27.6 Å². The van der Waals surface area contributed by atoms with Crippen LogP contribution in [0.3, 0.4) is 0 Å². The first-order valence-electron chi connectivity index (χ1n) is 5.80. The van der Waals surface area contributed by atoms with Gasteiger partial charge in [0.05, 0.1) is 0 Å². The molecular weight excluding hydrogens is 254 g/mol. The first-order chi connectivity index (χ1) is 8.55. The molecule has 100 valence electrons. The lowest BCUT2D eigenvalue weighted by molar-refractivity contribution is 0.322. The van der Waals surface area contributed by atoms with Gasteiger partial charge in [-0.1, -0.05) is 6.07 Å². The number of benzene rings is 1. The Bertz CT molecular complexity index is 500. The first kappa shape index (κ1) is 13.1. The summed E-state index contributed by atoms with van der Waals surface area (Å²) in [6.45, 7) is 0.478. The number of nitrogen functional groups attached to an aromatic ring is 1. The molecule has 1 aliphatic rings. The van der Waals surface area contributed by atoms with Crippen LogP contribution in [-0.2, 0) is 10.2 Å². The van der Waals surface area contributed by atoms with Gasteiger partial charge in [-0.2, -0.15) is 17.9 Å². The van der Waals surface area contributed by atoms with Crippen LogP contribution in [0.1, 0.15) is 12.8 Å². The van der Waals surface area contributed by atoms with E-state index in [0.29, 0.717) is 11.4 Å². The molecule has 1 aromatic rings. The molecule has 1 fully saturated rings. The third kappa shape index (κ3) is 4.52. The molecule has 0 atom stereocenters. The van der Waals surface area contributed by atoms with Crippen LogP contribution in [0.2, 0.25) is 0 Å². The van der Waals surface area contributed by atoms with E-state index in [2.05, 4.69) is 9.44 Å². The van der Waals surface area contributed by atoms with Crippen molar-refractivity contribution in [2.24, 2.45) is 0 Å². The average molecular weight is 271 g/mol. The number of hydrogen-bond acceptors (Lipinski definition) is 4. The van der Waals surface area contributed by atoms with Gasteiger partial charge < -0.3 is 10.5 Å². The summed E-state index contributed by atoms with van der Waals surface area (Å²) in [5.74, 6) is 0.629. The lowest BCUT2D eigenvalue weighted by atomic mass is 10.3. The maximum Gasteiger partial charge on any atom is 0.277 e. The quantitative estimate of drug-likeness (QED) is 0.489. The molecule has 6 nitrogen and oxygen atoms in total. The van der Waals surface area contributed by atoms with Crippen molar-refractivity contribution in [1.82, 2.24) is 9.44 Å². The van der Waals surface area contributed by atoms with Gasteiger partial charge in [-0.3, -0.25) is 0 Å². The minimum atomic E-state index is -3.39. The molecule has 4 N–H and O–H groups in total. The van der Waals surface area contributed by atoms with Crippen LogP contribution in [0.15, 0.2) is 24.3 Å². The molecule has 0 bridgehead atoms. The third-order valence-electron chi connectivity index (χ3n) is 2.42. The minimum absolute atomic E-state index is 0.109. The fourth-order valence-electron chi connectivity index (χ4n) is 1.41. The normalized spacial score (nSPS) is 15.6. The molecule has 2 rings (SSSR count). The van der Waals surface area contributed by atoms with Crippen LogP contribution < -0.4 is 19.9 Å². The zero-order chi connectivity index (χ0) is 13.0. The molecule has 0 aliphatic heterocycles. The van der Waals surface area contributed by atoms with E-state index < -0.39 is 10.2 Å². The molecule has 0 aromatic heterocycles. The van der Waals surface area contributed by atoms with E-state index in [0.717, 1.165) is 12.8 Å². The number of nitrogens with one attached hydrogen (secondary N) is 2. The molecule has 0 spiro atoms. The Morgan fingerprint density at radius 1 is 1.39 bits per heavy atom. The minimum Gasteiger partial charge on any atom is -0.492 e. The Labute approximate surface area is 107 Å². The van der Waals surface area contributed by atoms with Crippen LogP contribution in [0, 0.1) is 0 Å². The number of nitrogens with two attached hydrogens (primary N) is 1. The van der Waals surface area contributed by atoms with Crippen molar-refractivity contribution >= 4 is 15.9 Å². The Kier molecular flexibility index (Phi) is 4.05. The fourth-order valence-corrected chi connectivity index (χ4v) is 2.52. The van der Waals surface area contributed by atoms with Gasteiger partial charge >= 0.3 is 0 Å². The molecule has 1 saturated carbocycles. The van der Waals surface area contributed by atoms with Crippen LogP contribution in [0.4, 0.5) is 5.69 Å². The SMILES string of the molecule is Nc1cccc(OCCNS(=O)(=O)NC2CC2)c1. The summed E-state index contributed by atoms with van der Waals surface area (Å²) in [5.41, 5.74) is 6.21. The Balaban J connectivity index is 1.69. The van der Waals surface area contributed by atoms with Gasteiger partial charge in [-0.15, -0.1) is 0 Å². The summed E-state index contributed by atoms with van der Waals surface area (Å²) in [5, 5.41) is 0. The molecule has 7 heteroatoms. The highest BCUT2D eigenvalue weighted by Gasteiger charge is 2.26. The van der Waals surface area contributed by atoms with Gasteiger partial charge in [-0.25, -0.2) is 0 Å². The Morgan fingerprint density at radius 3 is 2.83 bits per heavy atom. The van der Waals surface area contributed by atoms with E-state index in [-0.39, 0.29) is 19.2 Å². The van der Waals surface area contributed by atoms with Gasteiger partial charge in [-0.05, 0) is 25.0 Å². The van der Waals surface area contributed by atoms with Gasteiger partial charge in [0.15, 0.2) is 0 Å². The first-order valence-corrected chi connectivity index (χ1v) is 7.29. The number of hydrogen-bond donors (Lipinski definition) is 3. The van der Waals surface area contributed by atoms with E-state index in [4.69, 9.17) is 10.5 Å². The maximum atomic E-state index is 11.4. The van der Waals surface area contributed by atoms with Crippen molar-refractivity contribution in [3.05, 3.63) is 24.3 Å². The van der Waals surface area contributed by atoms with Gasteiger partial charge in [0.25, 0.3) is 10.2 Å². The lowest BCUT2D eigenvalue weighted by Crippen LogP contribution is -2.39. The predicted molar refractivity (Wildman–Crippen MR) is 69.4 cm³/mol. The molecular formula is C11H17N3O3S. The molecule has 0 heterocycles. The van der Waals surface area contributed by atoms with Crippen molar-refractivity contribution in [3.63, 3.8) is 0 Å². The number of anilines is 1. The molecule has 0 amide bonds. The van der Waals surface area contributed by atoms with E-state index >= 15 is 0 Å². The zero-order valence-corrected chi connectivity index (χ0v) is 10.7. The van der Waals surface area contributed by atoms with Gasteiger partial charge in [0, 0.05) is 24.3 Å². The van der Waals surface area contributed by atoms with Gasteiger partial charge in [0.1, 0.15) is 12.4 Å². The second-order valence-corrected chi connectivity index (χ2v) is 5.74. The topological polar surface area (TPSA) is 93.4 Å². The van der Waals surface area contributed by atoms with Crippen molar-refractivity contribution in [2.45, 2.75) is 18.9 Å². The molecule has 0 radical (unpaired) electrons. The molecule has 18 heavy (non-hydrogen) atoms. The second-order valence-electron chi connectivity index (χ2n) is 4.21. The summed E-state index contributed by atoms with van der Waals surface area (Å²) in [6.07, 6.45) is 1.83. The van der Waals surface area contributed by atoms with E-state index in [1.165, 1.54) is 0 Å². The molecule has 1 aromatic carbocycles. The van der Waals surface area contributed by atoms with Crippen LogP contribution in [0.25, 0.3) is 0 Å². The zero-order valence-electron chi connectivity index (χ0n) is 9.93. The van der Waals surface area contributed by atoms with Crippen molar-refractivity contribution < 1.29 is 13.2 Å². The second kappa shape index (κ2) is 5.55. The third-order valence-corrected chi connectivity index (χ3v) is 3.65.